The molecule has 1 heterocycles. The number of anilines is 2. The number of rotatable bonds is 4. The molecule has 0 amide bonds. The zero-order valence-electron chi connectivity index (χ0n) is 10.5. The standard InChI is InChI=1S/C11H19BrN4/c1-7(2)8(3)16(5)10-9(12)6-14-11(13-4)15-10/h6-8H,1-5H3,(H,13,14,15). The fourth-order valence-electron chi connectivity index (χ4n) is 1.37. The van der Waals surface area contributed by atoms with Crippen molar-refractivity contribution >= 4 is 27.7 Å². The molecule has 0 fully saturated rings. The molecule has 0 spiro atoms. The van der Waals surface area contributed by atoms with E-state index in [9.17, 15) is 0 Å². The summed E-state index contributed by atoms with van der Waals surface area (Å²) < 4.78 is 0.918. The third-order valence-electron chi connectivity index (χ3n) is 2.86. The highest BCUT2D eigenvalue weighted by Crippen LogP contribution is 2.26. The molecular formula is C11H19BrN4. The average Bonchev–Trinajstić information content (AvgIpc) is 2.27. The van der Waals surface area contributed by atoms with Crippen molar-refractivity contribution in [2.24, 2.45) is 5.92 Å². The summed E-state index contributed by atoms with van der Waals surface area (Å²) in [4.78, 5) is 10.8. The first-order valence-electron chi connectivity index (χ1n) is 5.40. The summed E-state index contributed by atoms with van der Waals surface area (Å²) >= 11 is 3.48. The normalized spacial score (nSPS) is 12.7. The van der Waals surface area contributed by atoms with E-state index in [1.165, 1.54) is 0 Å². The molecule has 0 aliphatic carbocycles. The maximum absolute atomic E-state index is 4.45. The van der Waals surface area contributed by atoms with Crippen molar-refractivity contribution in [3.63, 3.8) is 0 Å². The molecule has 0 saturated carbocycles. The Morgan fingerprint density at radius 3 is 2.50 bits per heavy atom. The van der Waals surface area contributed by atoms with Gasteiger partial charge < -0.3 is 10.2 Å². The van der Waals surface area contributed by atoms with E-state index >= 15 is 0 Å². The van der Waals surface area contributed by atoms with Crippen LogP contribution in [0.4, 0.5) is 11.8 Å². The molecule has 1 rings (SSSR count). The smallest absolute Gasteiger partial charge is 0.224 e. The van der Waals surface area contributed by atoms with E-state index < -0.39 is 0 Å². The second-order valence-electron chi connectivity index (χ2n) is 4.21. The maximum atomic E-state index is 4.45. The Morgan fingerprint density at radius 1 is 1.38 bits per heavy atom. The molecule has 0 saturated heterocycles. The van der Waals surface area contributed by atoms with Gasteiger partial charge in [0.1, 0.15) is 5.82 Å². The van der Waals surface area contributed by atoms with Crippen molar-refractivity contribution in [2.75, 3.05) is 24.3 Å². The molecule has 1 N–H and O–H groups in total. The second-order valence-corrected chi connectivity index (χ2v) is 5.07. The van der Waals surface area contributed by atoms with Crippen molar-refractivity contribution in [3.8, 4) is 0 Å². The van der Waals surface area contributed by atoms with E-state index in [-0.39, 0.29) is 0 Å². The number of halogens is 1. The van der Waals surface area contributed by atoms with Crippen molar-refractivity contribution < 1.29 is 0 Å². The van der Waals surface area contributed by atoms with Crippen LogP contribution in [-0.2, 0) is 0 Å². The van der Waals surface area contributed by atoms with Gasteiger partial charge in [-0.1, -0.05) is 13.8 Å². The number of hydrogen-bond acceptors (Lipinski definition) is 4. The highest BCUT2D eigenvalue weighted by molar-refractivity contribution is 9.10. The monoisotopic (exact) mass is 286 g/mol. The lowest BCUT2D eigenvalue weighted by molar-refractivity contribution is 0.502. The third kappa shape index (κ3) is 2.84. The summed E-state index contributed by atoms with van der Waals surface area (Å²) in [5.74, 6) is 2.13. The van der Waals surface area contributed by atoms with E-state index in [4.69, 9.17) is 0 Å². The van der Waals surface area contributed by atoms with Gasteiger partial charge in [-0.15, -0.1) is 0 Å². The second kappa shape index (κ2) is 5.48. The molecule has 4 nitrogen and oxygen atoms in total. The molecule has 1 unspecified atom stereocenters. The number of nitrogens with one attached hydrogen (secondary N) is 1. The van der Waals surface area contributed by atoms with Crippen LogP contribution in [0.15, 0.2) is 10.7 Å². The van der Waals surface area contributed by atoms with Crippen LogP contribution < -0.4 is 10.2 Å². The zero-order valence-corrected chi connectivity index (χ0v) is 12.0. The van der Waals surface area contributed by atoms with E-state index in [0.717, 1.165) is 10.3 Å². The molecule has 1 aromatic heterocycles. The van der Waals surface area contributed by atoms with Crippen molar-refractivity contribution in [2.45, 2.75) is 26.8 Å². The van der Waals surface area contributed by atoms with E-state index in [2.05, 4.69) is 63.9 Å². The summed E-state index contributed by atoms with van der Waals surface area (Å²) in [6.07, 6.45) is 1.78. The topological polar surface area (TPSA) is 41.1 Å². The minimum atomic E-state index is 0.427. The van der Waals surface area contributed by atoms with E-state index in [1.54, 1.807) is 6.20 Å². The molecule has 0 bridgehead atoms. The predicted molar refractivity (Wildman–Crippen MR) is 72.0 cm³/mol. The highest BCUT2D eigenvalue weighted by atomic mass is 79.9. The van der Waals surface area contributed by atoms with Crippen LogP contribution in [0.1, 0.15) is 20.8 Å². The lowest BCUT2D eigenvalue weighted by Gasteiger charge is -2.29. The van der Waals surface area contributed by atoms with Crippen LogP contribution in [0.3, 0.4) is 0 Å². The Morgan fingerprint density at radius 2 is 2.00 bits per heavy atom. The van der Waals surface area contributed by atoms with Gasteiger partial charge in [0.2, 0.25) is 5.95 Å². The van der Waals surface area contributed by atoms with Gasteiger partial charge in [-0.25, -0.2) is 4.98 Å². The molecule has 0 aliphatic rings. The lowest BCUT2D eigenvalue weighted by Crippen LogP contribution is -2.34. The van der Waals surface area contributed by atoms with Crippen LogP contribution in [0.25, 0.3) is 0 Å². The van der Waals surface area contributed by atoms with Gasteiger partial charge in [-0.05, 0) is 28.8 Å². The largest absolute Gasteiger partial charge is 0.357 e. The molecule has 0 aliphatic heterocycles. The summed E-state index contributed by atoms with van der Waals surface area (Å²) in [5, 5.41) is 2.95. The Balaban J connectivity index is 3.02. The predicted octanol–water partition coefficient (Wildman–Crippen LogP) is 2.76. The molecule has 0 radical (unpaired) electrons. The number of hydrogen-bond donors (Lipinski definition) is 1. The van der Waals surface area contributed by atoms with Crippen LogP contribution in [-0.4, -0.2) is 30.1 Å². The van der Waals surface area contributed by atoms with E-state index in [1.807, 2.05) is 7.05 Å². The van der Waals surface area contributed by atoms with Crippen LogP contribution >= 0.6 is 15.9 Å². The molecule has 1 aromatic rings. The first-order chi connectivity index (χ1) is 7.47. The van der Waals surface area contributed by atoms with E-state index in [0.29, 0.717) is 17.9 Å². The number of aromatic nitrogens is 2. The number of nitrogens with zero attached hydrogens (tertiary/aromatic N) is 3. The molecule has 5 heteroatoms. The van der Waals surface area contributed by atoms with Gasteiger partial charge in [0.25, 0.3) is 0 Å². The molecule has 16 heavy (non-hydrogen) atoms. The van der Waals surface area contributed by atoms with Gasteiger partial charge in [-0.3, -0.25) is 0 Å². The van der Waals surface area contributed by atoms with Gasteiger partial charge in [-0.2, -0.15) is 4.98 Å². The fourth-order valence-corrected chi connectivity index (χ4v) is 1.84. The molecule has 90 valence electrons. The zero-order chi connectivity index (χ0) is 12.3. The minimum absolute atomic E-state index is 0.427. The van der Waals surface area contributed by atoms with Gasteiger partial charge in [0.05, 0.1) is 4.47 Å². The van der Waals surface area contributed by atoms with Crippen molar-refractivity contribution in [3.05, 3.63) is 10.7 Å². The summed E-state index contributed by atoms with van der Waals surface area (Å²) in [6, 6.07) is 0.427. The summed E-state index contributed by atoms with van der Waals surface area (Å²) in [5.41, 5.74) is 0. The van der Waals surface area contributed by atoms with Crippen molar-refractivity contribution in [1.82, 2.24) is 9.97 Å². The highest BCUT2D eigenvalue weighted by Gasteiger charge is 2.17. The first kappa shape index (κ1) is 13.2. The summed E-state index contributed by atoms with van der Waals surface area (Å²) in [6.45, 7) is 6.60. The van der Waals surface area contributed by atoms with Gasteiger partial charge >= 0.3 is 0 Å². The van der Waals surface area contributed by atoms with Crippen molar-refractivity contribution in [1.29, 1.82) is 0 Å². The van der Waals surface area contributed by atoms with Gasteiger partial charge in [0.15, 0.2) is 0 Å². The third-order valence-corrected chi connectivity index (χ3v) is 3.42. The Kier molecular flexibility index (Phi) is 4.53. The molecular weight excluding hydrogens is 268 g/mol. The Hall–Kier alpha value is -0.840. The average molecular weight is 287 g/mol. The van der Waals surface area contributed by atoms with Crippen LogP contribution in [0, 0.1) is 5.92 Å². The summed E-state index contributed by atoms with van der Waals surface area (Å²) in [7, 11) is 3.87. The SMILES string of the molecule is CNc1ncc(Br)c(N(C)C(C)C(C)C)n1. The molecule has 1 atom stereocenters. The van der Waals surface area contributed by atoms with Gasteiger partial charge in [0, 0.05) is 26.3 Å². The lowest BCUT2D eigenvalue weighted by atomic mass is 10.1. The maximum Gasteiger partial charge on any atom is 0.224 e. The quantitative estimate of drug-likeness (QED) is 0.924. The Labute approximate surface area is 106 Å². The minimum Gasteiger partial charge on any atom is -0.357 e. The first-order valence-corrected chi connectivity index (χ1v) is 6.19. The van der Waals surface area contributed by atoms with Crippen LogP contribution in [0.2, 0.25) is 0 Å². The molecule has 0 aromatic carbocycles. The Bertz CT molecular complexity index is 354. The van der Waals surface area contributed by atoms with Crippen LogP contribution in [0.5, 0.6) is 0 Å². The fraction of sp³-hybridized carbons (Fsp3) is 0.636.